The molecule has 1 N–H and O–H groups in total. The minimum absolute atomic E-state index is 0.0399. The van der Waals surface area contributed by atoms with Crippen LogP contribution in [0.15, 0.2) is 48.5 Å². The van der Waals surface area contributed by atoms with Crippen LogP contribution in [0, 0.1) is 12.8 Å². The van der Waals surface area contributed by atoms with Crippen molar-refractivity contribution in [2.75, 3.05) is 23.3 Å². The topological polar surface area (TPSA) is 52.6 Å². The molecule has 146 valence electrons. The zero-order chi connectivity index (χ0) is 19.5. The summed E-state index contributed by atoms with van der Waals surface area (Å²) in [6.45, 7) is 4.19. The summed E-state index contributed by atoms with van der Waals surface area (Å²) in [4.78, 5) is 28.8. The number of nitrogens with one attached hydrogen (secondary N) is 1. The molecule has 28 heavy (non-hydrogen) atoms. The molecule has 5 nitrogen and oxygen atoms in total. The molecule has 1 saturated heterocycles. The standard InChI is InChI=1S/C23H27N3O2/c1-17-6-8-18(9-7-17)16-25-14-3-15-26(23(25)28)21-12-10-20(11-13-21)24-22(27)19-4-2-5-19/h6-13,19H,2-5,14-16H2,1H3,(H,24,27). The van der Waals surface area contributed by atoms with E-state index in [2.05, 4.69) is 36.5 Å². The minimum Gasteiger partial charge on any atom is -0.326 e. The van der Waals surface area contributed by atoms with Crippen LogP contribution in [0.5, 0.6) is 0 Å². The highest BCUT2D eigenvalue weighted by Gasteiger charge is 2.27. The van der Waals surface area contributed by atoms with Crippen molar-refractivity contribution in [3.8, 4) is 0 Å². The van der Waals surface area contributed by atoms with Crippen LogP contribution in [0.2, 0.25) is 0 Å². The van der Waals surface area contributed by atoms with Crippen LogP contribution in [0.3, 0.4) is 0 Å². The lowest BCUT2D eigenvalue weighted by atomic mass is 9.85. The number of carbonyl (C=O) groups is 2. The number of carbonyl (C=O) groups excluding carboxylic acids is 2. The number of urea groups is 1. The second kappa shape index (κ2) is 8.05. The van der Waals surface area contributed by atoms with E-state index in [9.17, 15) is 9.59 Å². The maximum Gasteiger partial charge on any atom is 0.324 e. The van der Waals surface area contributed by atoms with E-state index in [-0.39, 0.29) is 17.9 Å². The van der Waals surface area contributed by atoms with Gasteiger partial charge in [-0.05, 0) is 56.0 Å². The highest BCUT2D eigenvalue weighted by Crippen LogP contribution is 2.28. The highest BCUT2D eigenvalue weighted by molar-refractivity contribution is 5.95. The number of aryl methyl sites for hydroxylation is 1. The maximum absolute atomic E-state index is 13.0. The number of anilines is 2. The van der Waals surface area contributed by atoms with E-state index in [1.807, 2.05) is 34.1 Å². The van der Waals surface area contributed by atoms with Crippen LogP contribution in [-0.2, 0) is 11.3 Å². The van der Waals surface area contributed by atoms with Gasteiger partial charge in [-0.25, -0.2) is 4.79 Å². The predicted octanol–water partition coefficient (Wildman–Crippen LogP) is 4.57. The third-order valence-electron chi connectivity index (χ3n) is 5.73. The quantitative estimate of drug-likeness (QED) is 0.830. The van der Waals surface area contributed by atoms with Crippen LogP contribution in [0.25, 0.3) is 0 Å². The number of benzene rings is 2. The summed E-state index contributed by atoms with van der Waals surface area (Å²) in [6, 6.07) is 16.0. The van der Waals surface area contributed by atoms with E-state index in [1.54, 1.807) is 0 Å². The summed E-state index contributed by atoms with van der Waals surface area (Å²) >= 11 is 0. The Kier molecular flexibility index (Phi) is 5.33. The Balaban J connectivity index is 1.40. The van der Waals surface area contributed by atoms with Crippen LogP contribution in [0.4, 0.5) is 16.2 Å². The fraction of sp³-hybridized carbons (Fsp3) is 0.391. The largest absolute Gasteiger partial charge is 0.326 e. The zero-order valence-electron chi connectivity index (χ0n) is 16.4. The van der Waals surface area contributed by atoms with Crippen molar-refractivity contribution in [2.45, 2.75) is 39.2 Å². The van der Waals surface area contributed by atoms with Gasteiger partial charge < -0.3 is 10.2 Å². The van der Waals surface area contributed by atoms with Gasteiger partial charge in [-0.3, -0.25) is 9.69 Å². The zero-order valence-corrected chi connectivity index (χ0v) is 16.4. The van der Waals surface area contributed by atoms with Gasteiger partial charge >= 0.3 is 6.03 Å². The van der Waals surface area contributed by atoms with Crippen molar-refractivity contribution in [3.05, 3.63) is 59.7 Å². The fourth-order valence-corrected chi connectivity index (χ4v) is 3.72. The van der Waals surface area contributed by atoms with E-state index in [0.717, 1.165) is 55.7 Å². The van der Waals surface area contributed by atoms with Gasteiger partial charge in [0, 0.05) is 36.9 Å². The van der Waals surface area contributed by atoms with Gasteiger partial charge in [0.25, 0.3) is 0 Å². The maximum atomic E-state index is 13.0. The van der Waals surface area contributed by atoms with Crippen LogP contribution in [-0.4, -0.2) is 29.9 Å². The predicted molar refractivity (Wildman–Crippen MR) is 111 cm³/mol. The summed E-state index contributed by atoms with van der Waals surface area (Å²) < 4.78 is 0. The summed E-state index contributed by atoms with van der Waals surface area (Å²) in [7, 11) is 0. The summed E-state index contributed by atoms with van der Waals surface area (Å²) in [5.74, 6) is 0.274. The first-order valence-corrected chi connectivity index (χ1v) is 10.1. The third kappa shape index (κ3) is 4.03. The van der Waals surface area contributed by atoms with Crippen LogP contribution < -0.4 is 10.2 Å². The molecule has 0 radical (unpaired) electrons. The molecule has 0 atom stereocenters. The smallest absolute Gasteiger partial charge is 0.324 e. The molecule has 2 aromatic rings. The molecule has 5 heteroatoms. The molecule has 2 aliphatic rings. The van der Waals surface area contributed by atoms with Crippen LogP contribution in [0.1, 0.15) is 36.8 Å². The monoisotopic (exact) mass is 377 g/mol. The van der Waals surface area contributed by atoms with E-state index in [0.29, 0.717) is 6.54 Å². The number of hydrogen-bond donors (Lipinski definition) is 1. The number of hydrogen-bond acceptors (Lipinski definition) is 2. The number of amides is 3. The first-order chi connectivity index (χ1) is 13.6. The summed E-state index contributed by atoms with van der Waals surface area (Å²) in [5.41, 5.74) is 4.04. The molecule has 1 aliphatic carbocycles. The molecule has 0 aromatic heterocycles. The lowest BCUT2D eigenvalue weighted by Crippen LogP contribution is -2.49. The summed E-state index contributed by atoms with van der Waals surface area (Å²) in [5, 5.41) is 2.98. The lowest BCUT2D eigenvalue weighted by Gasteiger charge is -2.35. The minimum atomic E-state index is 0.0399. The number of rotatable bonds is 5. The van der Waals surface area contributed by atoms with Gasteiger partial charge in [-0.15, -0.1) is 0 Å². The first kappa shape index (κ1) is 18.5. The van der Waals surface area contributed by atoms with Gasteiger partial charge in [0.2, 0.25) is 5.91 Å². The fourth-order valence-electron chi connectivity index (χ4n) is 3.72. The average Bonchev–Trinajstić information content (AvgIpc) is 2.64. The molecule has 2 aromatic carbocycles. The lowest BCUT2D eigenvalue weighted by molar-refractivity contribution is -0.122. The molecule has 0 bridgehead atoms. The molecule has 0 spiro atoms. The van der Waals surface area contributed by atoms with Gasteiger partial charge in [0.1, 0.15) is 0 Å². The normalized spacial score (nSPS) is 17.4. The van der Waals surface area contributed by atoms with E-state index in [4.69, 9.17) is 0 Å². The van der Waals surface area contributed by atoms with Crippen molar-refractivity contribution in [2.24, 2.45) is 5.92 Å². The molecule has 0 unspecified atom stereocenters. The molecule has 2 fully saturated rings. The Bertz CT molecular complexity index is 841. The second-order valence-corrected chi connectivity index (χ2v) is 7.86. The average molecular weight is 377 g/mol. The van der Waals surface area contributed by atoms with Crippen molar-refractivity contribution < 1.29 is 9.59 Å². The van der Waals surface area contributed by atoms with Crippen molar-refractivity contribution in [3.63, 3.8) is 0 Å². The molecule has 4 rings (SSSR count). The molecule has 1 aliphatic heterocycles. The molecular formula is C23H27N3O2. The van der Waals surface area contributed by atoms with Gasteiger partial charge in [-0.2, -0.15) is 0 Å². The highest BCUT2D eigenvalue weighted by atomic mass is 16.2. The SMILES string of the molecule is Cc1ccc(CN2CCCN(c3ccc(NC(=O)C4CCC4)cc3)C2=O)cc1. The Morgan fingerprint density at radius 3 is 2.36 bits per heavy atom. The number of nitrogens with zero attached hydrogens (tertiary/aromatic N) is 2. The van der Waals surface area contributed by atoms with E-state index < -0.39 is 0 Å². The Morgan fingerprint density at radius 2 is 1.71 bits per heavy atom. The van der Waals surface area contributed by atoms with Gasteiger partial charge in [-0.1, -0.05) is 36.2 Å². The van der Waals surface area contributed by atoms with Gasteiger partial charge in [0.15, 0.2) is 0 Å². The molecule has 1 saturated carbocycles. The van der Waals surface area contributed by atoms with Crippen LogP contribution >= 0.6 is 0 Å². The Labute approximate surface area is 166 Å². The van der Waals surface area contributed by atoms with Crippen molar-refractivity contribution >= 4 is 23.3 Å². The van der Waals surface area contributed by atoms with E-state index >= 15 is 0 Å². The van der Waals surface area contributed by atoms with Crippen molar-refractivity contribution in [1.82, 2.24) is 4.90 Å². The first-order valence-electron chi connectivity index (χ1n) is 10.1. The van der Waals surface area contributed by atoms with E-state index in [1.165, 1.54) is 5.56 Å². The summed E-state index contributed by atoms with van der Waals surface area (Å²) in [6.07, 6.45) is 4.07. The third-order valence-corrected chi connectivity index (χ3v) is 5.73. The second-order valence-electron chi connectivity index (χ2n) is 7.86. The molecular weight excluding hydrogens is 350 g/mol. The molecule has 3 amide bonds. The molecule has 1 heterocycles. The van der Waals surface area contributed by atoms with Crippen molar-refractivity contribution in [1.29, 1.82) is 0 Å². The van der Waals surface area contributed by atoms with Gasteiger partial charge in [0.05, 0.1) is 0 Å². The Hall–Kier alpha value is -2.82. The Morgan fingerprint density at radius 1 is 1.00 bits per heavy atom.